The summed E-state index contributed by atoms with van der Waals surface area (Å²) in [6, 6.07) is 0. The van der Waals surface area contributed by atoms with E-state index in [1.54, 1.807) is 6.92 Å². The molecular formula is C14H23NO4. The maximum atomic E-state index is 11.8. The maximum absolute atomic E-state index is 11.8. The van der Waals surface area contributed by atoms with E-state index >= 15 is 0 Å². The van der Waals surface area contributed by atoms with Crippen molar-refractivity contribution in [3.63, 3.8) is 0 Å². The second kappa shape index (κ2) is 8.67. The quantitative estimate of drug-likeness (QED) is 0.712. The first-order valence-electron chi connectivity index (χ1n) is 7.08. The number of ketones is 1. The van der Waals surface area contributed by atoms with Crippen LogP contribution in [0.15, 0.2) is 0 Å². The van der Waals surface area contributed by atoms with E-state index in [1.807, 2.05) is 0 Å². The van der Waals surface area contributed by atoms with Crippen LogP contribution in [-0.4, -0.2) is 30.8 Å². The van der Waals surface area contributed by atoms with Gasteiger partial charge in [-0.15, -0.1) is 0 Å². The Kier molecular flexibility index (Phi) is 7.15. The van der Waals surface area contributed by atoms with Gasteiger partial charge in [-0.3, -0.25) is 14.4 Å². The van der Waals surface area contributed by atoms with E-state index in [4.69, 9.17) is 4.74 Å². The molecule has 1 N–H and O–H groups in total. The molecule has 0 unspecified atom stereocenters. The lowest BCUT2D eigenvalue weighted by Crippen LogP contribution is -2.33. The molecule has 5 heteroatoms. The van der Waals surface area contributed by atoms with Gasteiger partial charge in [0.25, 0.3) is 0 Å². The Morgan fingerprint density at radius 1 is 1.11 bits per heavy atom. The van der Waals surface area contributed by atoms with Gasteiger partial charge < -0.3 is 10.1 Å². The van der Waals surface area contributed by atoms with E-state index in [0.29, 0.717) is 6.61 Å². The highest BCUT2D eigenvalue weighted by molar-refractivity contribution is 5.88. The van der Waals surface area contributed by atoms with Crippen LogP contribution < -0.4 is 5.32 Å². The van der Waals surface area contributed by atoms with Crippen LogP contribution in [0.3, 0.4) is 0 Å². The molecule has 0 aromatic carbocycles. The fourth-order valence-corrected chi connectivity index (χ4v) is 2.29. The van der Waals surface area contributed by atoms with Crippen LogP contribution in [0, 0.1) is 5.92 Å². The highest BCUT2D eigenvalue weighted by Gasteiger charge is 2.21. The molecule has 0 atom stereocenters. The summed E-state index contributed by atoms with van der Waals surface area (Å²) in [5, 5.41) is 2.58. The standard InChI is InChI=1S/C14H23NO4/c1-2-19-14(18)9-8-13(17)15-10-12(16)11-6-4-3-5-7-11/h11H,2-10H2,1H3,(H,15,17). The van der Waals surface area contributed by atoms with Crippen LogP contribution in [0.5, 0.6) is 0 Å². The Morgan fingerprint density at radius 2 is 1.79 bits per heavy atom. The monoisotopic (exact) mass is 269 g/mol. The highest BCUT2D eigenvalue weighted by Crippen LogP contribution is 2.23. The third kappa shape index (κ3) is 6.36. The Hall–Kier alpha value is -1.39. The first-order valence-corrected chi connectivity index (χ1v) is 7.08. The second-order valence-electron chi connectivity index (χ2n) is 4.88. The molecule has 19 heavy (non-hydrogen) atoms. The molecule has 1 aliphatic rings. The number of hydrogen-bond acceptors (Lipinski definition) is 4. The first kappa shape index (κ1) is 15.7. The lowest BCUT2D eigenvalue weighted by atomic mass is 9.86. The molecule has 0 bridgehead atoms. The van der Waals surface area contributed by atoms with Gasteiger partial charge in [-0.2, -0.15) is 0 Å². The minimum atomic E-state index is -0.378. The number of hydrogen-bond donors (Lipinski definition) is 1. The molecule has 1 amide bonds. The maximum Gasteiger partial charge on any atom is 0.306 e. The first-order chi connectivity index (χ1) is 9.13. The minimum absolute atomic E-state index is 0.0668. The molecule has 0 aromatic heterocycles. The smallest absolute Gasteiger partial charge is 0.306 e. The molecule has 0 saturated heterocycles. The summed E-state index contributed by atoms with van der Waals surface area (Å²) in [6.45, 7) is 2.13. The molecule has 1 saturated carbocycles. The van der Waals surface area contributed by atoms with Gasteiger partial charge in [-0.05, 0) is 19.8 Å². The van der Waals surface area contributed by atoms with Gasteiger partial charge in [0.1, 0.15) is 0 Å². The van der Waals surface area contributed by atoms with Crippen molar-refractivity contribution in [2.75, 3.05) is 13.2 Å². The van der Waals surface area contributed by atoms with Gasteiger partial charge in [0, 0.05) is 12.3 Å². The Morgan fingerprint density at radius 3 is 2.42 bits per heavy atom. The van der Waals surface area contributed by atoms with Crippen LogP contribution in [0.1, 0.15) is 51.9 Å². The largest absolute Gasteiger partial charge is 0.466 e. The highest BCUT2D eigenvalue weighted by atomic mass is 16.5. The predicted octanol–water partition coefficient (Wildman–Crippen LogP) is 1.60. The lowest BCUT2D eigenvalue weighted by Gasteiger charge is -2.20. The van der Waals surface area contributed by atoms with E-state index in [0.717, 1.165) is 25.7 Å². The van der Waals surface area contributed by atoms with E-state index in [2.05, 4.69) is 5.32 Å². The average Bonchev–Trinajstić information content (AvgIpc) is 2.44. The molecule has 0 radical (unpaired) electrons. The fraction of sp³-hybridized carbons (Fsp3) is 0.786. The molecule has 0 aromatic rings. The van der Waals surface area contributed by atoms with Crippen molar-refractivity contribution >= 4 is 17.7 Å². The number of rotatable bonds is 7. The van der Waals surface area contributed by atoms with Crippen LogP contribution in [0.25, 0.3) is 0 Å². The lowest BCUT2D eigenvalue weighted by molar-refractivity contribution is -0.144. The van der Waals surface area contributed by atoms with E-state index in [-0.39, 0.29) is 43.0 Å². The van der Waals surface area contributed by atoms with Crippen molar-refractivity contribution < 1.29 is 19.1 Å². The summed E-state index contributed by atoms with van der Waals surface area (Å²) in [4.78, 5) is 34.4. The number of amides is 1. The average molecular weight is 269 g/mol. The van der Waals surface area contributed by atoms with Crippen molar-refractivity contribution in [1.82, 2.24) is 5.32 Å². The van der Waals surface area contributed by atoms with Crippen molar-refractivity contribution in [2.24, 2.45) is 5.92 Å². The van der Waals surface area contributed by atoms with Crippen LogP contribution >= 0.6 is 0 Å². The van der Waals surface area contributed by atoms with Gasteiger partial charge >= 0.3 is 5.97 Å². The second-order valence-corrected chi connectivity index (χ2v) is 4.88. The summed E-state index contributed by atoms with van der Waals surface area (Å²) in [7, 11) is 0. The van der Waals surface area contributed by atoms with Crippen molar-refractivity contribution in [3.8, 4) is 0 Å². The molecule has 1 rings (SSSR count). The van der Waals surface area contributed by atoms with Crippen molar-refractivity contribution in [2.45, 2.75) is 51.9 Å². The van der Waals surface area contributed by atoms with Crippen LogP contribution in [-0.2, 0) is 19.1 Å². The summed E-state index contributed by atoms with van der Waals surface area (Å²) in [5.41, 5.74) is 0. The topological polar surface area (TPSA) is 72.5 Å². The van der Waals surface area contributed by atoms with Gasteiger partial charge in [0.05, 0.1) is 19.6 Å². The molecule has 0 aliphatic heterocycles. The third-order valence-corrected chi connectivity index (χ3v) is 3.38. The zero-order chi connectivity index (χ0) is 14.1. The van der Waals surface area contributed by atoms with Gasteiger partial charge in [-0.1, -0.05) is 19.3 Å². The van der Waals surface area contributed by atoms with Crippen molar-refractivity contribution in [3.05, 3.63) is 0 Å². The molecule has 5 nitrogen and oxygen atoms in total. The molecule has 0 spiro atoms. The molecule has 0 heterocycles. The molecule has 1 fully saturated rings. The summed E-state index contributed by atoms with van der Waals surface area (Å²) < 4.78 is 4.73. The van der Waals surface area contributed by atoms with E-state index < -0.39 is 0 Å². The fourth-order valence-electron chi connectivity index (χ4n) is 2.29. The van der Waals surface area contributed by atoms with E-state index in [1.165, 1.54) is 6.42 Å². The molecule has 108 valence electrons. The number of carbonyl (C=O) groups excluding carboxylic acids is 3. The number of Topliss-reactive ketones (excluding diaryl/α,β-unsaturated/α-hetero) is 1. The number of carbonyl (C=O) groups is 3. The zero-order valence-corrected chi connectivity index (χ0v) is 11.6. The molecule has 1 aliphatic carbocycles. The summed E-state index contributed by atoms with van der Waals surface area (Å²) >= 11 is 0. The zero-order valence-electron chi connectivity index (χ0n) is 11.6. The Labute approximate surface area is 114 Å². The Balaban J connectivity index is 2.15. The SMILES string of the molecule is CCOC(=O)CCC(=O)NCC(=O)C1CCCCC1. The minimum Gasteiger partial charge on any atom is -0.466 e. The number of nitrogens with one attached hydrogen (secondary N) is 1. The summed E-state index contributed by atoms with van der Waals surface area (Å²) in [6.07, 6.45) is 5.44. The van der Waals surface area contributed by atoms with Gasteiger partial charge in [0.15, 0.2) is 5.78 Å². The number of ether oxygens (including phenoxy) is 1. The third-order valence-electron chi connectivity index (χ3n) is 3.38. The number of esters is 1. The molecular weight excluding hydrogens is 246 g/mol. The van der Waals surface area contributed by atoms with Crippen LogP contribution in [0.2, 0.25) is 0 Å². The normalized spacial score (nSPS) is 15.8. The predicted molar refractivity (Wildman–Crippen MR) is 70.5 cm³/mol. The Bertz CT molecular complexity index is 321. The van der Waals surface area contributed by atoms with Gasteiger partial charge in [-0.25, -0.2) is 0 Å². The summed E-state index contributed by atoms with van der Waals surface area (Å²) in [5.74, 6) is -0.420. The van der Waals surface area contributed by atoms with Gasteiger partial charge in [0.2, 0.25) is 5.91 Å². The van der Waals surface area contributed by atoms with Crippen molar-refractivity contribution in [1.29, 1.82) is 0 Å². The van der Waals surface area contributed by atoms with E-state index in [9.17, 15) is 14.4 Å². The van der Waals surface area contributed by atoms with Crippen LogP contribution in [0.4, 0.5) is 0 Å².